The standard InChI is InChI=1S/C68H116NO8P/c1-6-8-10-12-14-16-18-20-22-24-26-27-28-29-30-31-32-33-34-35-36-37-38-39-40-41-43-44-46-48-50-52-54-56-58-60-67(70)74-64-66(65-76-78(72,73)75-63-62-69(3,4)5)77-68(71)61-59-57-55-53-51-49-47-45-42-25-23-21-19-17-15-13-11-9-7-2/h8-11,14-17,20-23,26-27,42,45,49,51,55,57,66H,6-7,12-13,18-19,24-25,28-41,43-44,46-48,50,52-54,56,58-65H2,1-5H3/b10-8-,11-9-,16-14-,17-15-,22-20-,23-21-,27-26-,45-42-,51-49-,57-55-. The molecule has 9 nitrogen and oxygen atoms in total. The van der Waals surface area contributed by atoms with Crippen LogP contribution in [0.5, 0.6) is 0 Å². The Morgan fingerprint density at radius 3 is 1.08 bits per heavy atom. The number of likely N-dealkylation sites (N-methyl/N-ethyl adjacent to an activating group) is 1. The third-order valence-corrected chi connectivity index (χ3v) is 14.0. The molecule has 2 atom stereocenters. The van der Waals surface area contributed by atoms with E-state index in [1.54, 1.807) is 0 Å². The molecule has 0 N–H and O–H groups in total. The van der Waals surface area contributed by atoms with Crippen molar-refractivity contribution in [3.63, 3.8) is 0 Å². The Morgan fingerprint density at radius 2 is 0.718 bits per heavy atom. The zero-order valence-electron chi connectivity index (χ0n) is 50.6. The second-order valence-electron chi connectivity index (χ2n) is 21.7. The van der Waals surface area contributed by atoms with Gasteiger partial charge in [0.2, 0.25) is 0 Å². The molecule has 446 valence electrons. The summed E-state index contributed by atoms with van der Waals surface area (Å²) in [6, 6.07) is 0. The lowest BCUT2D eigenvalue weighted by molar-refractivity contribution is -0.870. The number of rotatable bonds is 56. The molecule has 0 aromatic carbocycles. The van der Waals surface area contributed by atoms with Crippen LogP contribution in [-0.4, -0.2) is 70.0 Å². The number of carbonyl (C=O) groups is 2. The van der Waals surface area contributed by atoms with Crippen LogP contribution in [0.2, 0.25) is 0 Å². The third-order valence-electron chi connectivity index (χ3n) is 13.0. The molecule has 0 heterocycles. The first-order chi connectivity index (χ1) is 38.0. The van der Waals surface area contributed by atoms with Gasteiger partial charge in [-0.3, -0.25) is 14.2 Å². The van der Waals surface area contributed by atoms with Crippen molar-refractivity contribution in [2.45, 2.75) is 251 Å². The Kier molecular flexibility index (Phi) is 55.4. The van der Waals surface area contributed by atoms with E-state index in [9.17, 15) is 19.0 Å². The van der Waals surface area contributed by atoms with Gasteiger partial charge in [0.05, 0.1) is 27.7 Å². The number of hydrogen-bond donors (Lipinski definition) is 0. The first-order valence-corrected chi connectivity index (χ1v) is 32.7. The lowest BCUT2D eigenvalue weighted by Crippen LogP contribution is -2.37. The Labute approximate surface area is 479 Å². The van der Waals surface area contributed by atoms with Gasteiger partial charge in [0.25, 0.3) is 7.82 Å². The maximum Gasteiger partial charge on any atom is 0.306 e. The normalized spacial score (nSPS) is 14.1. The highest BCUT2D eigenvalue weighted by atomic mass is 31.2. The molecule has 0 bridgehead atoms. The number of esters is 2. The van der Waals surface area contributed by atoms with E-state index in [1.165, 1.54) is 128 Å². The molecule has 0 radical (unpaired) electrons. The van der Waals surface area contributed by atoms with Crippen molar-refractivity contribution < 1.29 is 42.1 Å². The number of allylic oxidation sites excluding steroid dienone is 20. The molecule has 78 heavy (non-hydrogen) atoms. The third kappa shape index (κ3) is 61.6. The maximum absolute atomic E-state index is 12.7. The highest BCUT2D eigenvalue weighted by molar-refractivity contribution is 7.45. The van der Waals surface area contributed by atoms with Crippen LogP contribution in [0.4, 0.5) is 0 Å². The SMILES string of the molecule is CC/C=C\C/C=C\C/C=C\C/C=C\C/C=C\C/C=C\CCC(=O)OC(COC(=O)CCCCCCCCCCCCCCCCCCCCCCCC/C=C\C/C=C\C/C=C\C/C=C\CC)COP(=O)([O-])OCC[N+](C)(C)C. The van der Waals surface area contributed by atoms with E-state index >= 15 is 0 Å². The van der Waals surface area contributed by atoms with Gasteiger partial charge in [-0.2, -0.15) is 0 Å². The van der Waals surface area contributed by atoms with Crippen LogP contribution in [0.1, 0.15) is 245 Å². The summed E-state index contributed by atoms with van der Waals surface area (Å²) in [5.41, 5.74) is 0. The maximum atomic E-state index is 12.7. The second-order valence-corrected chi connectivity index (χ2v) is 23.1. The van der Waals surface area contributed by atoms with Crippen LogP contribution in [0.15, 0.2) is 122 Å². The minimum Gasteiger partial charge on any atom is -0.756 e. The predicted molar refractivity (Wildman–Crippen MR) is 332 cm³/mol. The van der Waals surface area contributed by atoms with Crippen LogP contribution in [-0.2, 0) is 32.7 Å². The van der Waals surface area contributed by atoms with Gasteiger partial charge >= 0.3 is 11.9 Å². The molecule has 0 aliphatic rings. The number of unbranched alkanes of at least 4 members (excludes halogenated alkanes) is 22. The average molecular weight is 1110 g/mol. The smallest absolute Gasteiger partial charge is 0.306 e. The number of hydrogen-bond acceptors (Lipinski definition) is 8. The number of phosphoric ester groups is 1. The number of carbonyl (C=O) groups excluding carboxylic acids is 2. The van der Waals surface area contributed by atoms with E-state index in [-0.39, 0.29) is 26.1 Å². The monoisotopic (exact) mass is 1110 g/mol. The molecule has 0 aromatic heterocycles. The summed E-state index contributed by atoms with van der Waals surface area (Å²) in [6.07, 6.45) is 82.9. The summed E-state index contributed by atoms with van der Waals surface area (Å²) < 4.78 is 34.1. The lowest BCUT2D eigenvalue weighted by Gasteiger charge is -2.28. The fraction of sp³-hybridized carbons (Fsp3) is 0.676. The minimum absolute atomic E-state index is 0.0489. The number of quaternary nitrogens is 1. The topological polar surface area (TPSA) is 111 Å². The Balaban J connectivity index is 4.08. The first kappa shape index (κ1) is 74.4. The molecule has 0 aliphatic heterocycles. The van der Waals surface area contributed by atoms with Crippen LogP contribution in [0, 0.1) is 0 Å². The van der Waals surface area contributed by atoms with Gasteiger partial charge < -0.3 is 27.9 Å². The van der Waals surface area contributed by atoms with Gasteiger partial charge in [-0.1, -0.05) is 264 Å². The second kappa shape index (κ2) is 58.1. The minimum atomic E-state index is -4.66. The summed E-state index contributed by atoms with van der Waals surface area (Å²) in [6.45, 7) is 3.93. The average Bonchev–Trinajstić information content (AvgIpc) is 3.41. The summed E-state index contributed by atoms with van der Waals surface area (Å²) >= 11 is 0. The molecular formula is C68H116NO8P. The van der Waals surface area contributed by atoms with Crippen LogP contribution < -0.4 is 4.89 Å². The van der Waals surface area contributed by atoms with Crippen molar-refractivity contribution in [1.82, 2.24) is 0 Å². The highest BCUT2D eigenvalue weighted by Gasteiger charge is 2.21. The Hall–Kier alpha value is -3.59. The molecule has 0 fully saturated rings. The van der Waals surface area contributed by atoms with Gasteiger partial charge in [0.1, 0.15) is 19.8 Å². The van der Waals surface area contributed by atoms with Gasteiger partial charge in [-0.25, -0.2) is 0 Å². The van der Waals surface area contributed by atoms with Gasteiger partial charge in [0, 0.05) is 12.8 Å². The Morgan fingerprint density at radius 1 is 0.397 bits per heavy atom. The zero-order chi connectivity index (χ0) is 57.0. The van der Waals surface area contributed by atoms with Gasteiger partial charge in [-0.05, 0) is 89.9 Å². The van der Waals surface area contributed by atoms with Gasteiger partial charge in [-0.15, -0.1) is 0 Å². The number of ether oxygens (including phenoxy) is 2. The molecule has 0 saturated heterocycles. The van der Waals surface area contributed by atoms with E-state index in [0.717, 1.165) is 83.5 Å². The van der Waals surface area contributed by atoms with E-state index in [1.807, 2.05) is 33.3 Å². The van der Waals surface area contributed by atoms with Crippen LogP contribution in [0.3, 0.4) is 0 Å². The van der Waals surface area contributed by atoms with E-state index in [4.69, 9.17) is 18.5 Å². The molecule has 0 amide bonds. The Bertz CT molecular complexity index is 1730. The van der Waals surface area contributed by atoms with Crippen LogP contribution >= 0.6 is 7.82 Å². The quantitative estimate of drug-likeness (QED) is 0.0195. The lowest BCUT2D eigenvalue weighted by atomic mass is 10.0. The predicted octanol–water partition coefficient (Wildman–Crippen LogP) is 19.3. The van der Waals surface area contributed by atoms with Crippen molar-refractivity contribution >= 4 is 19.8 Å². The van der Waals surface area contributed by atoms with E-state index < -0.39 is 32.5 Å². The van der Waals surface area contributed by atoms with Gasteiger partial charge in [0.15, 0.2) is 6.10 Å². The van der Waals surface area contributed by atoms with Crippen molar-refractivity contribution in [3.8, 4) is 0 Å². The molecule has 0 rings (SSSR count). The van der Waals surface area contributed by atoms with Crippen LogP contribution in [0.25, 0.3) is 0 Å². The molecular weight excluding hydrogens is 990 g/mol. The number of nitrogens with zero attached hydrogens (tertiary/aromatic N) is 1. The molecule has 0 saturated carbocycles. The summed E-state index contributed by atoms with van der Waals surface area (Å²) in [7, 11) is 1.11. The molecule has 10 heteroatoms. The molecule has 0 aromatic rings. The van der Waals surface area contributed by atoms with Crippen molar-refractivity contribution in [2.75, 3.05) is 47.5 Å². The molecule has 2 unspecified atom stereocenters. The van der Waals surface area contributed by atoms with Crippen molar-refractivity contribution in [2.24, 2.45) is 0 Å². The fourth-order valence-electron chi connectivity index (χ4n) is 8.26. The number of phosphoric acid groups is 1. The largest absolute Gasteiger partial charge is 0.756 e. The van der Waals surface area contributed by atoms with E-state index in [2.05, 4.69) is 123 Å². The molecule has 0 aliphatic carbocycles. The first-order valence-electron chi connectivity index (χ1n) is 31.2. The van der Waals surface area contributed by atoms with Crippen molar-refractivity contribution in [1.29, 1.82) is 0 Å². The summed E-state index contributed by atoms with van der Waals surface area (Å²) in [5, 5.41) is 0. The van der Waals surface area contributed by atoms with E-state index in [0.29, 0.717) is 17.4 Å². The fourth-order valence-corrected chi connectivity index (χ4v) is 8.99. The highest BCUT2D eigenvalue weighted by Crippen LogP contribution is 2.38. The zero-order valence-corrected chi connectivity index (χ0v) is 51.5. The van der Waals surface area contributed by atoms with Crippen molar-refractivity contribution in [3.05, 3.63) is 122 Å². The summed E-state index contributed by atoms with van der Waals surface area (Å²) in [4.78, 5) is 37.9. The summed E-state index contributed by atoms with van der Waals surface area (Å²) in [5.74, 6) is -0.931. The molecule has 0 spiro atoms.